The number of nitrogens with one attached hydrogen (secondary N) is 1. The van der Waals surface area contributed by atoms with Crippen LogP contribution in [0, 0.1) is 12.1 Å². The predicted octanol–water partition coefficient (Wildman–Crippen LogP) is 3.23. The molecule has 1 unspecified atom stereocenters. The van der Waals surface area contributed by atoms with Crippen molar-refractivity contribution in [1.29, 1.82) is 0 Å². The highest BCUT2D eigenvalue weighted by molar-refractivity contribution is 6.14. The molecule has 2 N–H and O–H groups in total. The number of ether oxygens (including phenoxy) is 2. The molecule has 1 aliphatic rings. The van der Waals surface area contributed by atoms with Gasteiger partial charge in [-0.05, 0) is 42.8 Å². The fourth-order valence-electron chi connectivity index (χ4n) is 3.00. The summed E-state index contributed by atoms with van der Waals surface area (Å²) in [6.07, 6.45) is 1.48. The third kappa shape index (κ3) is 3.99. The normalized spacial score (nSPS) is 14.9. The van der Waals surface area contributed by atoms with Crippen molar-refractivity contribution < 1.29 is 29.5 Å². The first-order valence-electron chi connectivity index (χ1n) is 9.11. The minimum Gasteiger partial charge on any atom is -0.595 e. The number of hydrogen-bond acceptors (Lipinski definition) is 6. The number of fused-ring (bicyclic) bond motifs is 1. The number of quaternary nitrogens is 1. The van der Waals surface area contributed by atoms with E-state index in [4.69, 9.17) is 14.7 Å². The molecule has 3 aromatic rings. The molecule has 0 bridgehead atoms. The van der Waals surface area contributed by atoms with Crippen LogP contribution in [0.1, 0.15) is 31.8 Å². The van der Waals surface area contributed by atoms with Crippen molar-refractivity contribution in [1.82, 2.24) is 0 Å². The van der Waals surface area contributed by atoms with Crippen LogP contribution in [0.25, 0.3) is 6.08 Å². The number of aryl methyl sites for hydroxylation is 1. The summed E-state index contributed by atoms with van der Waals surface area (Å²) >= 11 is 0. The molecule has 0 aliphatic carbocycles. The summed E-state index contributed by atoms with van der Waals surface area (Å²) in [6, 6.07) is 17.7. The molecule has 0 spiro atoms. The van der Waals surface area contributed by atoms with E-state index in [1.807, 2.05) is 19.1 Å². The van der Waals surface area contributed by atoms with E-state index in [2.05, 4.69) is 0 Å². The average Bonchev–Trinajstić information content (AvgIpc) is 3.03. The molecule has 150 valence electrons. The van der Waals surface area contributed by atoms with Crippen molar-refractivity contribution in [2.24, 2.45) is 0 Å². The highest BCUT2D eigenvalue weighted by Gasteiger charge is 2.28. The number of benzene rings is 3. The van der Waals surface area contributed by atoms with Gasteiger partial charge < -0.3 is 14.7 Å². The monoisotopic (exact) mass is 403 g/mol. The Bertz CT molecular complexity index is 1160. The number of carbonyl (C=O) groups excluding carboxylic acids is 2. The van der Waals surface area contributed by atoms with E-state index >= 15 is 0 Å². The molecule has 1 heterocycles. The predicted molar refractivity (Wildman–Crippen MR) is 108 cm³/mol. The van der Waals surface area contributed by atoms with Gasteiger partial charge in [0.2, 0.25) is 5.78 Å². The van der Waals surface area contributed by atoms with Gasteiger partial charge in [0.05, 0.1) is 11.1 Å². The van der Waals surface area contributed by atoms with E-state index in [-0.39, 0.29) is 28.7 Å². The molecule has 0 saturated carbocycles. The molecule has 1 atom stereocenters. The Kier molecular flexibility index (Phi) is 5.16. The second-order valence-corrected chi connectivity index (χ2v) is 6.78. The highest BCUT2D eigenvalue weighted by Crippen LogP contribution is 2.35. The Hall–Kier alpha value is -3.78. The largest absolute Gasteiger partial charge is 0.595 e. The Balaban J connectivity index is 1.54. The lowest BCUT2D eigenvalue weighted by atomic mass is 10.1. The number of esters is 1. The number of carbonyl (C=O) groups is 2. The van der Waals surface area contributed by atoms with Crippen molar-refractivity contribution in [3.05, 3.63) is 100.0 Å². The van der Waals surface area contributed by atoms with Crippen LogP contribution in [-0.4, -0.2) is 17.0 Å². The van der Waals surface area contributed by atoms with Gasteiger partial charge in [0.1, 0.15) is 11.5 Å². The van der Waals surface area contributed by atoms with Gasteiger partial charge in [-0.25, -0.2) is 10.0 Å². The molecule has 7 nitrogen and oxygen atoms in total. The number of rotatable bonds is 4. The topological polar surface area (TPSA) is 100 Å². The standard InChI is InChI=1S/C23H17NO6/c1-14-5-7-16(8-6-14)23(26)29-18-9-10-19-20(13-18)30-21(22(19)25)12-15-3-2-4-17(11-15)24(27)28/h2-13,24,27H,1H3. The summed E-state index contributed by atoms with van der Waals surface area (Å²) in [4.78, 5) is 24.9. The average molecular weight is 403 g/mol. The van der Waals surface area contributed by atoms with E-state index in [0.717, 1.165) is 5.56 Å². The Morgan fingerprint density at radius 1 is 1.10 bits per heavy atom. The van der Waals surface area contributed by atoms with Gasteiger partial charge in [0.25, 0.3) is 0 Å². The van der Waals surface area contributed by atoms with Crippen LogP contribution in [0.3, 0.4) is 0 Å². The summed E-state index contributed by atoms with van der Waals surface area (Å²) in [7, 11) is 0. The minimum absolute atomic E-state index is 0.0644. The Morgan fingerprint density at radius 2 is 1.87 bits per heavy atom. The minimum atomic E-state index is -1.06. The summed E-state index contributed by atoms with van der Waals surface area (Å²) < 4.78 is 11.0. The summed E-state index contributed by atoms with van der Waals surface area (Å²) in [5, 5.41) is 19.2. The van der Waals surface area contributed by atoms with Crippen molar-refractivity contribution in [3.63, 3.8) is 0 Å². The third-order valence-corrected chi connectivity index (χ3v) is 4.57. The summed E-state index contributed by atoms with van der Waals surface area (Å²) in [5.74, 6) is -0.256. The molecule has 0 fully saturated rings. The molecule has 0 saturated heterocycles. The molecule has 1 aliphatic heterocycles. The van der Waals surface area contributed by atoms with Crippen LogP contribution < -0.4 is 14.7 Å². The molecular weight excluding hydrogens is 386 g/mol. The molecule has 0 radical (unpaired) electrons. The molecule has 3 aromatic carbocycles. The first kappa shape index (κ1) is 19.5. The van der Waals surface area contributed by atoms with Crippen LogP contribution in [0.5, 0.6) is 11.5 Å². The summed E-state index contributed by atoms with van der Waals surface area (Å²) in [5.41, 5.74) is 2.42. The maximum absolute atomic E-state index is 12.6. The lowest BCUT2D eigenvalue weighted by Crippen LogP contribution is -2.99. The first-order valence-corrected chi connectivity index (χ1v) is 9.11. The van der Waals surface area contributed by atoms with Crippen LogP contribution in [0.15, 0.2) is 72.5 Å². The van der Waals surface area contributed by atoms with Gasteiger partial charge in [0, 0.05) is 18.2 Å². The van der Waals surface area contributed by atoms with E-state index in [0.29, 0.717) is 16.7 Å². The number of allylic oxidation sites excluding steroid dienone is 1. The number of ketones is 1. The van der Waals surface area contributed by atoms with Crippen LogP contribution in [0.2, 0.25) is 0 Å². The molecule has 0 aromatic heterocycles. The molecule has 7 heteroatoms. The van der Waals surface area contributed by atoms with E-state index < -0.39 is 11.2 Å². The fraction of sp³-hybridized carbons (Fsp3) is 0.0435. The number of Topliss-reactive ketones (excluding diaryl/α,β-unsaturated/α-hetero) is 1. The first-order chi connectivity index (χ1) is 14.4. The van der Waals surface area contributed by atoms with Crippen molar-refractivity contribution in [2.45, 2.75) is 6.92 Å². The van der Waals surface area contributed by atoms with Gasteiger partial charge in [0.15, 0.2) is 11.4 Å². The Morgan fingerprint density at radius 3 is 2.60 bits per heavy atom. The molecule has 30 heavy (non-hydrogen) atoms. The third-order valence-electron chi connectivity index (χ3n) is 4.57. The SMILES string of the molecule is Cc1ccc(C(=O)Oc2ccc3c(c2)OC(=Cc2cccc([NH+]([O-])O)c2)C3=O)cc1. The quantitative estimate of drug-likeness (QED) is 0.300. The van der Waals surface area contributed by atoms with Crippen molar-refractivity contribution >= 4 is 23.5 Å². The molecule has 4 rings (SSSR count). The van der Waals surface area contributed by atoms with E-state index in [9.17, 15) is 14.8 Å². The lowest BCUT2D eigenvalue weighted by Gasteiger charge is -2.11. The maximum atomic E-state index is 12.6. The second-order valence-electron chi connectivity index (χ2n) is 6.78. The maximum Gasteiger partial charge on any atom is 0.343 e. The zero-order valence-corrected chi connectivity index (χ0v) is 15.9. The fourth-order valence-corrected chi connectivity index (χ4v) is 3.00. The van der Waals surface area contributed by atoms with Gasteiger partial charge in [-0.15, -0.1) is 0 Å². The summed E-state index contributed by atoms with van der Waals surface area (Å²) in [6.45, 7) is 1.92. The lowest BCUT2D eigenvalue weighted by molar-refractivity contribution is -0.991. The van der Waals surface area contributed by atoms with Crippen molar-refractivity contribution in [3.8, 4) is 11.5 Å². The van der Waals surface area contributed by atoms with Crippen molar-refractivity contribution in [2.75, 3.05) is 0 Å². The molecule has 0 amide bonds. The van der Waals surface area contributed by atoms with Gasteiger partial charge >= 0.3 is 5.97 Å². The Labute approximate surface area is 171 Å². The van der Waals surface area contributed by atoms with E-state index in [1.54, 1.807) is 24.3 Å². The molecular formula is C23H17NO6. The van der Waals surface area contributed by atoms with Crippen LogP contribution in [0.4, 0.5) is 5.69 Å². The zero-order valence-electron chi connectivity index (χ0n) is 15.9. The van der Waals surface area contributed by atoms with Gasteiger partial charge in [-0.2, -0.15) is 5.23 Å². The zero-order chi connectivity index (χ0) is 21.3. The van der Waals surface area contributed by atoms with Crippen LogP contribution in [-0.2, 0) is 0 Å². The van der Waals surface area contributed by atoms with E-state index in [1.165, 1.54) is 36.4 Å². The highest BCUT2D eigenvalue weighted by atomic mass is 16.8. The smallest absolute Gasteiger partial charge is 0.343 e. The second kappa shape index (κ2) is 7.92. The van der Waals surface area contributed by atoms with Gasteiger partial charge in [-0.1, -0.05) is 29.8 Å². The number of hydrogen-bond donors (Lipinski definition) is 2. The van der Waals surface area contributed by atoms with Gasteiger partial charge in [-0.3, -0.25) is 4.79 Å². The van der Waals surface area contributed by atoms with Crippen LogP contribution >= 0.6 is 0 Å².